The topological polar surface area (TPSA) is 125 Å². The molecule has 0 aromatic carbocycles. The van der Waals surface area contributed by atoms with Gasteiger partial charge in [-0.15, -0.1) is 12.4 Å². The van der Waals surface area contributed by atoms with Crippen molar-refractivity contribution in [1.82, 2.24) is 10.6 Å². The Labute approximate surface area is 176 Å². The Balaban J connectivity index is 0. The number of unbranched alkanes of at least 4 members (excludes halogenated alkanes) is 1. The molecule has 0 heterocycles. The second kappa shape index (κ2) is 16.0. The van der Waals surface area contributed by atoms with Crippen LogP contribution in [0, 0.1) is 11.8 Å². The summed E-state index contributed by atoms with van der Waals surface area (Å²) in [6, 6.07) is -1.48. The molecule has 2 amide bonds. The average molecular weight is 424 g/mol. The number of carbonyl (C=O) groups excluding carboxylic acids is 2. The number of rotatable bonds is 14. The second-order valence-corrected chi connectivity index (χ2v) is 8.01. The first kappa shape index (κ1) is 29.3. The molecule has 28 heavy (non-hydrogen) atoms. The number of aliphatic hydroxyl groups is 2. The summed E-state index contributed by atoms with van der Waals surface area (Å²) in [5.74, 6) is -0.245. The molecule has 0 bridgehead atoms. The van der Waals surface area contributed by atoms with Gasteiger partial charge >= 0.3 is 0 Å². The van der Waals surface area contributed by atoms with E-state index in [1.807, 2.05) is 34.6 Å². The van der Waals surface area contributed by atoms with Crippen molar-refractivity contribution in [2.45, 2.75) is 97.4 Å². The van der Waals surface area contributed by atoms with Crippen molar-refractivity contribution in [1.29, 1.82) is 0 Å². The van der Waals surface area contributed by atoms with E-state index >= 15 is 0 Å². The van der Waals surface area contributed by atoms with Gasteiger partial charge in [-0.3, -0.25) is 9.59 Å². The van der Waals surface area contributed by atoms with Gasteiger partial charge in [-0.1, -0.05) is 53.9 Å². The molecule has 0 aliphatic heterocycles. The minimum atomic E-state index is -1.01. The number of hydrogen-bond donors (Lipinski definition) is 5. The van der Waals surface area contributed by atoms with E-state index in [-0.39, 0.29) is 55.1 Å². The maximum atomic E-state index is 12.3. The van der Waals surface area contributed by atoms with Crippen LogP contribution in [0.3, 0.4) is 0 Å². The molecule has 0 rings (SSSR count). The van der Waals surface area contributed by atoms with Crippen LogP contribution in [0.1, 0.15) is 73.1 Å². The maximum Gasteiger partial charge on any atom is 0.237 e. The van der Waals surface area contributed by atoms with Gasteiger partial charge in [0.25, 0.3) is 0 Å². The van der Waals surface area contributed by atoms with E-state index in [1.165, 1.54) is 0 Å². The second-order valence-electron chi connectivity index (χ2n) is 8.01. The highest BCUT2D eigenvalue weighted by Gasteiger charge is 2.27. The number of nitrogens with one attached hydrogen (secondary N) is 2. The number of aliphatic hydroxyl groups excluding tert-OH is 2. The summed E-state index contributed by atoms with van der Waals surface area (Å²) >= 11 is 0. The number of nitrogens with two attached hydrogens (primary N) is 1. The summed E-state index contributed by atoms with van der Waals surface area (Å²) in [5, 5.41) is 25.6. The Morgan fingerprint density at radius 2 is 1.68 bits per heavy atom. The molecule has 0 aromatic heterocycles. The van der Waals surface area contributed by atoms with Gasteiger partial charge in [-0.25, -0.2) is 0 Å². The number of carbonyl (C=O) groups is 2. The molecule has 168 valence electrons. The lowest BCUT2D eigenvalue weighted by molar-refractivity contribution is -0.128. The van der Waals surface area contributed by atoms with E-state index in [0.717, 1.165) is 19.3 Å². The third-order valence-corrected chi connectivity index (χ3v) is 4.99. The van der Waals surface area contributed by atoms with Crippen molar-refractivity contribution >= 4 is 24.2 Å². The molecule has 0 aliphatic carbocycles. The van der Waals surface area contributed by atoms with Crippen LogP contribution in [0.5, 0.6) is 0 Å². The standard InChI is InChI=1S/C20H41N3O4.ClH/c1-6-8-9-15(21)20(27)23-16(10-13(3)4)18(25)11-19(26)22-17(12-24)14(5)7-2;/h13-18,24-25H,6-12,21H2,1-5H3,(H,22,26)(H,23,27);1H/t14-,15-,16-,17+,18-;/m0./s1. The highest BCUT2D eigenvalue weighted by atomic mass is 35.5. The predicted octanol–water partition coefficient (Wildman–Crippen LogP) is 1.73. The molecule has 0 aliphatic rings. The van der Waals surface area contributed by atoms with Gasteiger partial charge in [0.05, 0.1) is 37.3 Å². The summed E-state index contributed by atoms with van der Waals surface area (Å²) in [5.41, 5.74) is 5.92. The fraction of sp³-hybridized carbons (Fsp3) is 0.900. The molecule has 0 radical (unpaired) electrons. The molecule has 8 heteroatoms. The first-order valence-corrected chi connectivity index (χ1v) is 10.3. The third kappa shape index (κ3) is 11.8. The van der Waals surface area contributed by atoms with Crippen LogP contribution in [0.15, 0.2) is 0 Å². The average Bonchev–Trinajstić information content (AvgIpc) is 2.62. The Morgan fingerprint density at radius 3 is 2.14 bits per heavy atom. The first-order valence-electron chi connectivity index (χ1n) is 10.3. The SMILES string of the molecule is CCCC[C@H](N)C(=O)N[C@@H](CC(C)C)[C@@H](O)CC(=O)N[C@H](CO)[C@@H](C)CC.Cl. The van der Waals surface area contributed by atoms with E-state index in [1.54, 1.807) is 0 Å². The van der Waals surface area contributed by atoms with Gasteiger partial charge in [0.2, 0.25) is 11.8 Å². The zero-order valence-electron chi connectivity index (χ0n) is 18.1. The van der Waals surface area contributed by atoms with Crippen LogP contribution < -0.4 is 16.4 Å². The monoisotopic (exact) mass is 423 g/mol. The quantitative estimate of drug-likeness (QED) is 0.291. The Kier molecular flexibility index (Phi) is 16.7. The van der Waals surface area contributed by atoms with Crippen molar-refractivity contribution in [3.05, 3.63) is 0 Å². The van der Waals surface area contributed by atoms with Crippen LogP contribution in [-0.4, -0.2) is 52.9 Å². The van der Waals surface area contributed by atoms with Crippen molar-refractivity contribution in [2.75, 3.05) is 6.61 Å². The van der Waals surface area contributed by atoms with E-state index in [4.69, 9.17) is 5.73 Å². The molecular weight excluding hydrogens is 382 g/mol. The minimum absolute atomic E-state index is 0. The predicted molar refractivity (Wildman–Crippen MR) is 115 cm³/mol. The van der Waals surface area contributed by atoms with Crippen LogP contribution in [0.2, 0.25) is 0 Å². The zero-order valence-corrected chi connectivity index (χ0v) is 18.9. The van der Waals surface area contributed by atoms with E-state index in [9.17, 15) is 19.8 Å². The van der Waals surface area contributed by atoms with E-state index in [2.05, 4.69) is 10.6 Å². The Morgan fingerprint density at radius 1 is 1.07 bits per heavy atom. The Bertz CT molecular complexity index is 438. The third-order valence-electron chi connectivity index (χ3n) is 4.99. The lowest BCUT2D eigenvalue weighted by Gasteiger charge is -2.28. The Hall–Kier alpha value is -0.890. The van der Waals surface area contributed by atoms with E-state index in [0.29, 0.717) is 12.8 Å². The van der Waals surface area contributed by atoms with Gasteiger partial charge < -0.3 is 26.6 Å². The number of hydrogen-bond acceptors (Lipinski definition) is 5. The number of halogens is 1. The van der Waals surface area contributed by atoms with Crippen molar-refractivity contribution in [2.24, 2.45) is 17.6 Å². The first-order chi connectivity index (χ1) is 12.7. The molecule has 7 nitrogen and oxygen atoms in total. The largest absolute Gasteiger partial charge is 0.394 e. The molecule has 0 saturated heterocycles. The lowest BCUT2D eigenvalue weighted by Crippen LogP contribution is -2.52. The summed E-state index contributed by atoms with van der Waals surface area (Å²) in [6.45, 7) is 9.83. The van der Waals surface area contributed by atoms with Crippen LogP contribution >= 0.6 is 12.4 Å². The molecule has 0 unspecified atom stereocenters. The van der Waals surface area contributed by atoms with Crippen LogP contribution in [-0.2, 0) is 9.59 Å². The van der Waals surface area contributed by atoms with Gasteiger partial charge in [0, 0.05) is 0 Å². The van der Waals surface area contributed by atoms with Crippen molar-refractivity contribution < 1.29 is 19.8 Å². The van der Waals surface area contributed by atoms with E-state index < -0.39 is 18.2 Å². The molecule has 0 saturated carbocycles. The highest BCUT2D eigenvalue weighted by Crippen LogP contribution is 2.13. The molecule has 5 atom stereocenters. The normalized spacial score (nSPS) is 16.5. The van der Waals surface area contributed by atoms with Crippen molar-refractivity contribution in [3.8, 4) is 0 Å². The minimum Gasteiger partial charge on any atom is -0.394 e. The fourth-order valence-corrected chi connectivity index (χ4v) is 2.92. The molecular formula is C20H42ClN3O4. The van der Waals surface area contributed by atoms with Crippen LogP contribution in [0.25, 0.3) is 0 Å². The molecule has 0 spiro atoms. The molecule has 0 aromatic rings. The number of amides is 2. The van der Waals surface area contributed by atoms with Crippen LogP contribution in [0.4, 0.5) is 0 Å². The molecule has 0 fully saturated rings. The summed E-state index contributed by atoms with van der Waals surface area (Å²) in [4.78, 5) is 24.6. The molecule has 6 N–H and O–H groups in total. The summed E-state index contributed by atoms with van der Waals surface area (Å²) in [6.07, 6.45) is 2.67. The highest BCUT2D eigenvalue weighted by molar-refractivity contribution is 5.85. The van der Waals surface area contributed by atoms with Gasteiger partial charge in [0.1, 0.15) is 0 Å². The summed E-state index contributed by atoms with van der Waals surface area (Å²) in [7, 11) is 0. The summed E-state index contributed by atoms with van der Waals surface area (Å²) < 4.78 is 0. The van der Waals surface area contributed by atoms with Gasteiger partial charge in [-0.2, -0.15) is 0 Å². The smallest absolute Gasteiger partial charge is 0.237 e. The lowest BCUT2D eigenvalue weighted by atomic mass is 9.95. The maximum absolute atomic E-state index is 12.3. The van der Waals surface area contributed by atoms with Gasteiger partial charge in [0.15, 0.2) is 0 Å². The zero-order chi connectivity index (χ0) is 21.0. The van der Waals surface area contributed by atoms with Gasteiger partial charge in [-0.05, 0) is 24.7 Å². The van der Waals surface area contributed by atoms with Crippen molar-refractivity contribution in [3.63, 3.8) is 0 Å². The fourth-order valence-electron chi connectivity index (χ4n) is 2.92.